The Morgan fingerprint density at radius 2 is 0.399 bits per heavy atom. The molecule has 20 aromatic rings. The van der Waals surface area contributed by atoms with Crippen molar-refractivity contribution in [1.82, 2.24) is 18.3 Å². The quantitative estimate of drug-likeness (QED) is 0.116. The Bertz CT molecular complexity index is 7160. The Hall–Kier alpha value is -13.3. The van der Waals surface area contributed by atoms with Gasteiger partial charge in [0.25, 0.3) is 0 Å². The second kappa shape index (κ2) is 67.6. The zero-order chi connectivity index (χ0) is 109. The first-order valence-corrected chi connectivity index (χ1v) is 58.1. The van der Waals surface area contributed by atoms with Crippen LogP contribution in [0.5, 0.6) is 0 Å². The van der Waals surface area contributed by atoms with Crippen LogP contribution in [-0.4, -0.2) is 18.3 Å². The van der Waals surface area contributed by atoms with Gasteiger partial charge in [0, 0.05) is 108 Å². The molecule has 0 spiro atoms. The first-order valence-electron chi connectivity index (χ1n) is 58.1. The van der Waals surface area contributed by atoms with Crippen LogP contribution in [0.3, 0.4) is 0 Å². The Morgan fingerprint density at radius 3 is 0.770 bits per heavy atom. The second-order valence-corrected chi connectivity index (χ2v) is 32.3. The van der Waals surface area contributed by atoms with Crippen molar-refractivity contribution in [3.63, 3.8) is 0 Å². The van der Waals surface area contributed by atoms with E-state index in [4.69, 9.17) is 0 Å². The number of hydrogen-bond acceptors (Lipinski definition) is 0. The summed E-state index contributed by atoms with van der Waals surface area (Å²) in [6.07, 6.45) is 8.42. The Morgan fingerprint density at radius 1 is 0.162 bits per heavy atom. The lowest BCUT2D eigenvalue weighted by Crippen LogP contribution is -2.03. The van der Waals surface area contributed by atoms with Crippen LogP contribution in [-0.2, 0) is 77.5 Å². The zero-order valence-electron chi connectivity index (χ0n) is 98.6. The fourth-order valence-electron chi connectivity index (χ4n) is 20.5. The SMILES string of the molecule is CC.CC.CC.CC.CC.CC.CC.CC.CC.CC.CC.CC.CC.CC.CC.CC.CCc1ccc2c(c1)c1ccccc1n2Cc1cccc2c1-c1ccccc1C2.CCc1ccc2c3ccccc3n(Cc3cccc4c3-c3ccccc3C4)c2c1.CCc1cccc2c1c1ccccc1n2Cc1cccc2c1-c1ccccc1C2.CCc1cccc2c3ccccc3n(Cc3cccc4c3-c3ccccc3C4)c12. The average Bonchev–Trinajstić information content (AvgIpc) is 1.60. The number of aryl methyl sites for hydroxylation is 4. The molecule has 4 heterocycles. The van der Waals surface area contributed by atoms with Crippen LogP contribution in [0, 0.1) is 0 Å². The Kier molecular flexibility index (Phi) is 57.1. The van der Waals surface area contributed by atoms with Crippen molar-refractivity contribution in [1.29, 1.82) is 0 Å². The van der Waals surface area contributed by atoms with E-state index in [0.29, 0.717) is 0 Å². The maximum Gasteiger partial charge on any atom is 0.0526 e. The standard InChI is InChI=1S/4C28H23N.16C2H6/c1-2-19-10-8-15-25-24-14-5-6-16-26(24)29(28(19)25)18-22-12-7-11-21-17-20-9-3-4-13-23(20)27(21)22;1-2-19-10-8-16-26-28(19)24-14-5-6-15-25(24)29(26)18-22-12-7-11-21-17-20-9-3-4-13-23(20)27(21)22;1-2-19-14-15-27-25(16-19)24-12-5-6-13-26(24)29(27)18-22-10-7-9-21-17-20-8-3-4-11-23(20)28(21)22;1-2-19-14-15-25-24-12-5-6-13-26(24)29(27(25)16-19)18-22-10-7-9-21-17-20-8-3-4-11-23(20)28(21)22;16*1-2/h4*3-16H,2,17-18H2,1H3;16*1-2H3. The van der Waals surface area contributed by atoms with Gasteiger partial charge in [-0.25, -0.2) is 0 Å². The van der Waals surface area contributed by atoms with Crippen LogP contribution >= 0.6 is 0 Å². The summed E-state index contributed by atoms with van der Waals surface area (Å²) >= 11 is 0. The summed E-state index contributed by atoms with van der Waals surface area (Å²) < 4.78 is 10.1. The smallest absolute Gasteiger partial charge is 0.0526 e. The van der Waals surface area contributed by atoms with Crippen molar-refractivity contribution in [2.24, 2.45) is 0 Å². The van der Waals surface area contributed by atoms with Gasteiger partial charge in [0.05, 0.1) is 5.52 Å². The van der Waals surface area contributed by atoms with E-state index in [0.717, 1.165) is 77.5 Å². The minimum atomic E-state index is 0.896. The third kappa shape index (κ3) is 27.6. The Labute approximate surface area is 899 Å². The zero-order valence-corrected chi connectivity index (χ0v) is 98.6. The van der Waals surface area contributed by atoms with Crippen LogP contribution < -0.4 is 0 Å². The molecule has 4 nitrogen and oxygen atoms in total. The van der Waals surface area contributed by atoms with Gasteiger partial charge in [0.2, 0.25) is 0 Å². The fourth-order valence-corrected chi connectivity index (χ4v) is 20.5. The van der Waals surface area contributed by atoms with E-state index in [-0.39, 0.29) is 0 Å². The van der Waals surface area contributed by atoms with Gasteiger partial charge in [0.15, 0.2) is 0 Å². The highest BCUT2D eigenvalue weighted by Gasteiger charge is 2.28. The van der Waals surface area contributed by atoms with E-state index in [1.807, 2.05) is 222 Å². The van der Waals surface area contributed by atoms with Crippen molar-refractivity contribution in [2.75, 3.05) is 0 Å². The first kappa shape index (κ1) is 125. The number of rotatable bonds is 12. The molecule has 0 atom stereocenters. The van der Waals surface area contributed by atoms with Gasteiger partial charge >= 0.3 is 0 Å². The number of nitrogens with zero attached hydrogens (tertiary/aromatic N) is 4. The van der Waals surface area contributed by atoms with Gasteiger partial charge in [-0.05, 0) is 233 Å². The summed E-state index contributed by atoms with van der Waals surface area (Å²) in [7, 11) is 0. The monoisotopic (exact) mass is 1970 g/mol. The molecule has 0 aliphatic heterocycles. The van der Waals surface area contributed by atoms with Crippen LogP contribution in [0.15, 0.2) is 340 Å². The minimum absolute atomic E-state index is 0.896. The number of hydrogen-bond donors (Lipinski definition) is 0. The van der Waals surface area contributed by atoms with E-state index in [1.54, 1.807) is 0 Å². The summed E-state index contributed by atoms with van der Waals surface area (Å²) in [5.74, 6) is 0. The predicted octanol–water partition coefficient (Wildman–Crippen LogP) is 44.3. The van der Waals surface area contributed by atoms with Crippen molar-refractivity contribution >= 4 is 87.2 Å². The highest BCUT2D eigenvalue weighted by atomic mass is 15.0. The molecule has 0 radical (unpaired) electrons. The van der Waals surface area contributed by atoms with Gasteiger partial charge in [0.1, 0.15) is 0 Å². The van der Waals surface area contributed by atoms with Gasteiger partial charge in [-0.1, -0.05) is 540 Å². The summed E-state index contributed by atoms with van der Waals surface area (Å²) in [6.45, 7) is 76.6. The molecule has 0 N–H and O–H groups in total. The Balaban J connectivity index is 0.000000317. The molecule has 0 saturated heterocycles. The van der Waals surface area contributed by atoms with Gasteiger partial charge in [-0.3, -0.25) is 0 Å². The third-order valence-corrected chi connectivity index (χ3v) is 25.9. The fraction of sp³-hybridized carbons (Fsp3) is 0.333. The third-order valence-electron chi connectivity index (χ3n) is 25.9. The summed E-state index contributed by atoms with van der Waals surface area (Å²) in [6, 6.07) is 126. The summed E-state index contributed by atoms with van der Waals surface area (Å²) in [4.78, 5) is 0. The largest absolute Gasteiger partial charge is 0.336 e. The number of para-hydroxylation sites is 5. The van der Waals surface area contributed by atoms with E-state index in [1.165, 1.54) is 221 Å². The van der Waals surface area contributed by atoms with Gasteiger partial charge in [-0.15, -0.1) is 0 Å². The van der Waals surface area contributed by atoms with E-state index in [2.05, 4.69) is 386 Å². The van der Waals surface area contributed by atoms with Crippen LogP contribution in [0.4, 0.5) is 0 Å². The second-order valence-electron chi connectivity index (χ2n) is 32.3. The molecular weight excluding hydrogens is 1790 g/mol. The number of fused-ring (bicyclic) bond motifs is 24. The lowest BCUT2D eigenvalue weighted by atomic mass is 9.99. The van der Waals surface area contributed by atoms with Crippen LogP contribution in [0.2, 0.25) is 0 Å². The number of aromatic nitrogens is 4. The molecule has 4 aliphatic carbocycles. The van der Waals surface area contributed by atoms with Crippen LogP contribution in [0.25, 0.3) is 132 Å². The summed E-state index contributed by atoms with van der Waals surface area (Å²) in [5.41, 5.74) is 45.0. The molecule has 4 aliphatic rings. The van der Waals surface area contributed by atoms with Crippen LogP contribution in [0.1, 0.15) is 338 Å². The number of benzene rings is 16. The maximum absolute atomic E-state index is 2.54. The molecule has 0 amide bonds. The highest BCUT2D eigenvalue weighted by Crippen LogP contribution is 2.47. The molecule has 0 fully saturated rings. The van der Waals surface area contributed by atoms with Crippen molar-refractivity contribution in [3.05, 3.63) is 429 Å². The van der Waals surface area contributed by atoms with E-state index in [9.17, 15) is 0 Å². The van der Waals surface area contributed by atoms with Crippen molar-refractivity contribution < 1.29 is 0 Å². The lowest BCUT2D eigenvalue weighted by Gasteiger charge is -2.14. The van der Waals surface area contributed by atoms with Crippen molar-refractivity contribution in [2.45, 2.75) is 327 Å². The predicted molar refractivity (Wildman–Crippen MR) is 672 cm³/mol. The molecule has 0 saturated carbocycles. The first-order chi connectivity index (χ1) is 73.4. The molecule has 24 rings (SSSR count). The highest BCUT2D eigenvalue weighted by molar-refractivity contribution is 6.12. The van der Waals surface area contributed by atoms with Gasteiger partial charge < -0.3 is 18.3 Å². The normalized spacial score (nSPS) is 10.4. The van der Waals surface area contributed by atoms with Crippen molar-refractivity contribution in [3.8, 4) is 44.5 Å². The molecule has 784 valence electrons. The topological polar surface area (TPSA) is 19.7 Å². The molecule has 0 bridgehead atoms. The average molecular weight is 1980 g/mol. The van der Waals surface area contributed by atoms with Gasteiger partial charge in [-0.2, -0.15) is 0 Å². The minimum Gasteiger partial charge on any atom is -0.336 e. The van der Waals surface area contributed by atoms with E-state index >= 15 is 0 Å². The molecule has 4 aromatic heterocycles. The maximum atomic E-state index is 2.54. The molecule has 148 heavy (non-hydrogen) atoms. The van der Waals surface area contributed by atoms with E-state index < -0.39 is 0 Å². The lowest BCUT2D eigenvalue weighted by molar-refractivity contribution is 0.863. The summed E-state index contributed by atoms with van der Waals surface area (Å²) in [5, 5.41) is 10.9. The molecule has 16 aromatic carbocycles. The molecular formula is C144H188N4. The molecule has 4 heteroatoms. The molecule has 0 unspecified atom stereocenters.